The molecule has 0 fully saturated rings. The number of imidazole rings is 2. The van der Waals surface area contributed by atoms with Crippen LogP contribution in [-0.4, -0.2) is 37.7 Å². The van der Waals surface area contributed by atoms with Crippen molar-refractivity contribution in [3.05, 3.63) is 210 Å². The number of H-pyrrole nitrogens is 1. The van der Waals surface area contributed by atoms with Gasteiger partial charge in [-0.25, -0.2) is 4.98 Å². The second-order valence-corrected chi connectivity index (χ2v) is 12.8. The van der Waals surface area contributed by atoms with Crippen molar-refractivity contribution < 1.29 is 9.59 Å². The highest BCUT2D eigenvalue weighted by atomic mass is 32.1. The summed E-state index contributed by atoms with van der Waals surface area (Å²) in [4.78, 5) is 30.1. The third-order valence-electron chi connectivity index (χ3n) is 8.62. The van der Waals surface area contributed by atoms with Gasteiger partial charge in [0.15, 0.2) is 10.6 Å². The first kappa shape index (κ1) is 49.4. The number of carbonyl (C=O) groups excluding carboxylic acids is 2. The molecule has 2 aromatic heterocycles. The third kappa shape index (κ3) is 15.2. The normalized spacial score (nSPS) is 9.33. The van der Waals surface area contributed by atoms with Gasteiger partial charge < -0.3 is 14.9 Å². The Morgan fingerprint density at radius 1 is 0.651 bits per heavy atom. The largest absolute Gasteiger partial charge is 0.378 e. The highest BCUT2D eigenvalue weighted by Crippen LogP contribution is 2.21. The van der Waals surface area contributed by atoms with Crippen LogP contribution in [0.4, 0.5) is 5.69 Å². The fraction of sp³-hybridized carbons (Fsp3) is 0.132. The zero-order chi connectivity index (χ0) is 45.8. The van der Waals surface area contributed by atoms with Crippen molar-refractivity contribution >= 4 is 30.0 Å². The van der Waals surface area contributed by atoms with Crippen LogP contribution in [0.5, 0.6) is 0 Å². The summed E-state index contributed by atoms with van der Waals surface area (Å²) in [5, 5.41) is 20.5. The highest BCUT2D eigenvalue weighted by Gasteiger charge is 2.07. The Bertz CT molecular complexity index is 2670. The summed E-state index contributed by atoms with van der Waals surface area (Å²) in [6, 6.07) is 55.1. The van der Waals surface area contributed by atoms with Crippen LogP contribution in [0.25, 0.3) is 33.9 Å². The number of rotatable bonds is 9. The SMILES string of the molecule is CC.CC.CC.N#Cc1ccc(-c2cn(-c3ccccc3)c(=S)[nH]2)cc1.N#Cc1ccc(C(=O)CNc2ccccc2)cc1.O=Cc1ccc(-c2cn(-c3ccccc3)cn2)cc1. The summed E-state index contributed by atoms with van der Waals surface area (Å²) in [6.07, 6.45) is 6.58. The Kier molecular flexibility index (Phi) is 21.8. The first-order valence-corrected chi connectivity index (χ1v) is 21.2. The number of ketones is 1. The molecule has 2 heterocycles. The molecule has 0 aliphatic rings. The molecular formula is C53H53N7O2S. The lowest BCUT2D eigenvalue weighted by Crippen LogP contribution is -2.13. The van der Waals surface area contributed by atoms with E-state index in [-0.39, 0.29) is 12.3 Å². The lowest BCUT2D eigenvalue weighted by Gasteiger charge is -2.05. The number of carbonyl (C=O) groups is 2. The van der Waals surface area contributed by atoms with Crippen LogP contribution in [0.3, 0.4) is 0 Å². The summed E-state index contributed by atoms with van der Waals surface area (Å²) in [7, 11) is 0. The Balaban J connectivity index is 0.000000237. The maximum absolute atomic E-state index is 11.9. The molecule has 8 aromatic rings. The van der Waals surface area contributed by atoms with Gasteiger partial charge in [0.05, 0.1) is 47.5 Å². The number of aldehydes is 1. The monoisotopic (exact) mass is 851 g/mol. The predicted octanol–water partition coefficient (Wildman–Crippen LogP) is 13.4. The molecule has 8 rings (SSSR count). The molecule has 0 unspecified atom stereocenters. The van der Waals surface area contributed by atoms with Crippen LogP contribution in [0, 0.1) is 27.4 Å². The quantitative estimate of drug-likeness (QED) is 0.0839. The molecule has 0 spiro atoms. The summed E-state index contributed by atoms with van der Waals surface area (Å²) in [6.45, 7) is 12.2. The fourth-order valence-electron chi connectivity index (χ4n) is 5.56. The van der Waals surface area contributed by atoms with E-state index in [1.165, 1.54) is 0 Å². The molecule has 0 aliphatic carbocycles. The minimum atomic E-state index is 0.00310. The topological polar surface area (TPSA) is 132 Å². The average Bonchev–Trinajstić information content (AvgIpc) is 4.04. The fourth-order valence-corrected chi connectivity index (χ4v) is 5.83. The molecule has 0 saturated carbocycles. The van der Waals surface area contributed by atoms with Crippen LogP contribution in [-0.2, 0) is 0 Å². The van der Waals surface area contributed by atoms with Gasteiger partial charge in [0, 0.05) is 46.1 Å². The van der Waals surface area contributed by atoms with E-state index < -0.39 is 0 Å². The van der Waals surface area contributed by atoms with E-state index in [4.69, 9.17) is 22.7 Å². The van der Waals surface area contributed by atoms with Gasteiger partial charge in [0.25, 0.3) is 0 Å². The number of hydrogen-bond donors (Lipinski definition) is 2. The first-order valence-electron chi connectivity index (χ1n) is 20.8. The van der Waals surface area contributed by atoms with E-state index in [2.05, 4.69) is 21.4 Å². The summed E-state index contributed by atoms with van der Waals surface area (Å²) < 4.78 is 4.56. The molecule has 0 saturated heterocycles. The zero-order valence-corrected chi connectivity index (χ0v) is 37.4. The number of anilines is 1. The minimum Gasteiger partial charge on any atom is -0.378 e. The maximum atomic E-state index is 11.9. The second-order valence-electron chi connectivity index (χ2n) is 12.4. The first-order chi connectivity index (χ1) is 30.9. The Labute approximate surface area is 376 Å². The van der Waals surface area contributed by atoms with Crippen molar-refractivity contribution in [1.82, 2.24) is 19.1 Å². The number of benzene rings is 6. The molecule has 10 heteroatoms. The second kappa shape index (κ2) is 27.8. The molecule has 6 aromatic carbocycles. The minimum absolute atomic E-state index is 0.00310. The molecule has 0 amide bonds. The van der Waals surface area contributed by atoms with Crippen molar-refractivity contribution in [3.63, 3.8) is 0 Å². The van der Waals surface area contributed by atoms with Gasteiger partial charge in [0.2, 0.25) is 0 Å². The van der Waals surface area contributed by atoms with Crippen molar-refractivity contribution in [2.24, 2.45) is 0 Å². The standard InChI is InChI=1S/C16H11N3S.C16H12N2O.C15H12N2O.3C2H6/c17-10-12-6-8-13(9-7-12)15-11-19(16(20)18-15)14-4-2-1-3-5-14;19-11-13-6-8-14(9-7-13)16-10-18(12-17-16)15-4-2-1-3-5-15;16-10-12-6-8-13(9-7-12)15(18)11-17-14-4-2-1-3-5-14;3*1-2/h1-9,11H,(H,18,20);1-12H;1-9,17H,11H2;3*1-2H3. The van der Waals surface area contributed by atoms with Gasteiger partial charge in [0.1, 0.15) is 6.29 Å². The van der Waals surface area contributed by atoms with E-state index in [0.717, 1.165) is 45.9 Å². The average molecular weight is 852 g/mol. The van der Waals surface area contributed by atoms with Crippen LogP contribution in [0.15, 0.2) is 183 Å². The molecule has 9 nitrogen and oxygen atoms in total. The number of nitrogens with one attached hydrogen (secondary N) is 2. The smallest absolute Gasteiger partial charge is 0.182 e. The Morgan fingerprint density at radius 2 is 1.14 bits per heavy atom. The zero-order valence-electron chi connectivity index (χ0n) is 36.6. The Morgan fingerprint density at radius 3 is 1.67 bits per heavy atom. The van der Waals surface area contributed by atoms with Gasteiger partial charge in [-0.05, 0) is 78.4 Å². The number of nitrogens with zero attached hydrogens (tertiary/aromatic N) is 5. The molecule has 0 radical (unpaired) electrons. The molecule has 63 heavy (non-hydrogen) atoms. The third-order valence-corrected chi connectivity index (χ3v) is 8.92. The van der Waals surface area contributed by atoms with Crippen molar-refractivity contribution in [1.29, 1.82) is 10.5 Å². The van der Waals surface area contributed by atoms with E-state index >= 15 is 0 Å². The lowest BCUT2D eigenvalue weighted by molar-refractivity contribution is 0.101. The van der Waals surface area contributed by atoms with Gasteiger partial charge in [-0.2, -0.15) is 10.5 Å². The predicted molar refractivity (Wildman–Crippen MR) is 260 cm³/mol. The summed E-state index contributed by atoms with van der Waals surface area (Å²) in [5.41, 5.74) is 9.33. The number of aromatic nitrogens is 4. The summed E-state index contributed by atoms with van der Waals surface area (Å²) >= 11 is 5.36. The van der Waals surface area contributed by atoms with Crippen LogP contribution < -0.4 is 5.32 Å². The van der Waals surface area contributed by atoms with Crippen molar-refractivity contribution in [2.75, 3.05) is 11.9 Å². The van der Waals surface area contributed by atoms with E-state index in [1.54, 1.807) is 54.9 Å². The van der Waals surface area contributed by atoms with Gasteiger partial charge >= 0.3 is 0 Å². The number of Topliss-reactive ketones (excluding diaryl/α,β-unsaturated/α-hetero) is 1. The number of aromatic amines is 1. The van der Waals surface area contributed by atoms with Crippen molar-refractivity contribution in [3.8, 4) is 46.0 Å². The van der Waals surface area contributed by atoms with E-state index in [9.17, 15) is 9.59 Å². The van der Waals surface area contributed by atoms with Crippen LogP contribution in [0.2, 0.25) is 0 Å². The van der Waals surface area contributed by atoms with E-state index in [1.807, 2.05) is 184 Å². The van der Waals surface area contributed by atoms with Crippen LogP contribution in [0.1, 0.15) is 73.4 Å². The number of para-hydroxylation sites is 3. The highest BCUT2D eigenvalue weighted by molar-refractivity contribution is 7.71. The Hall–Kier alpha value is -7.92. The van der Waals surface area contributed by atoms with Crippen molar-refractivity contribution in [2.45, 2.75) is 41.5 Å². The summed E-state index contributed by atoms with van der Waals surface area (Å²) in [5.74, 6) is 0.00310. The maximum Gasteiger partial charge on any atom is 0.182 e. The van der Waals surface area contributed by atoms with Crippen LogP contribution >= 0.6 is 12.2 Å². The number of nitriles is 2. The molecule has 318 valence electrons. The molecule has 2 N–H and O–H groups in total. The molecular weight excluding hydrogens is 799 g/mol. The molecule has 0 aliphatic heterocycles. The van der Waals surface area contributed by atoms with Gasteiger partial charge in [-0.1, -0.05) is 145 Å². The molecule has 0 atom stereocenters. The molecule has 0 bridgehead atoms. The van der Waals surface area contributed by atoms with Gasteiger partial charge in [-0.15, -0.1) is 0 Å². The number of hydrogen-bond acceptors (Lipinski definition) is 7. The van der Waals surface area contributed by atoms with Gasteiger partial charge in [-0.3, -0.25) is 14.2 Å². The van der Waals surface area contributed by atoms with E-state index in [0.29, 0.717) is 27.0 Å². The lowest BCUT2D eigenvalue weighted by atomic mass is 10.1.